The van der Waals surface area contributed by atoms with Crippen LogP contribution in [-0.2, 0) is 0 Å². The minimum absolute atomic E-state index is 0.527. The smallest absolute Gasteiger partial charge is 0.489 e. The van der Waals surface area contributed by atoms with Crippen LogP contribution in [0.15, 0.2) is 72.8 Å². The normalized spacial score (nSPS) is 11.5. The summed E-state index contributed by atoms with van der Waals surface area (Å²) < 4.78 is 5.57. The quantitative estimate of drug-likeness (QED) is 0.382. The minimum atomic E-state index is -1.50. The van der Waals surface area contributed by atoms with Gasteiger partial charge in [-0.25, -0.2) is 0 Å². The van der Waals surface area contributed by atoms with Crippen LogP contribution in [0.1, 0.15) is 0 Å². The lowest BCUT2D eigenvalue weighted by atomic mass is 9.75. The summed E-state index contributed by atoms with van der Waals surface area (Å²) in [6.07, 6.45) is 0. The molecule has 0 spiro atoms. The molecule has 5 aromatic carbocycles. The van der Waals surface area contributed by atoms with E-state index in [0.717, 1.165) is 49.2 Å². The van der Waals surface area contributed by atoms with Gasteiger partial charge in [0.1, 0.15) is 5.75 Å². The molecule has 0 fully saturated rings. The molecule has 0 aliphatic heterocycles. The molecule has 4 heteroatoms. The second-order valence-electron chi connectivity index (χ2n) is 6.76. The summed E-state index contributed by atoms with van der Waals surface area (Å²) in [7, 11) is 0.187. The topological polar surface area (TPSA) is 49.7 Å². The highest BCUT2D eigenvalue weighted by molar-refractivity contribution is 6.62. The fourth-order valence-corrected chi connectivity index (χ4v) is 4.15. The van der Waals surface area contributed by atoms with Crippen LogP contribution in [0.5, 0.6) is 5.75 Å². The molecule has 0 heterocycles. The predicted molar refractivity (Wildman–Crippen MR) is 112 cm³/mol. The van der Waals surface area contributed by atoms with E-state index in [1.807, 2.05) is 36.4 Å². The Labute approximate surface area is 156 Å². The van der Waals surface area contributed by atoms with Gasteiger partial charge in [-0.2, -0.15) is 0 Å². The highest BCUT2D eigenvalue weighted by Crippen LogP contribution is 2.41. The van der Waals surface area contributed by atoms with Crippen molar-refractivity contribution in [2.75, 3.05) is 7.11 Å². The molecule has 0 amide bonds. The van der Waals surface area contributed by atoms with Gasteiger partial charge in [-0.1, -0.05) is 66.7 Å². The van der Waals surface area contributed by atoms with Crippen LogP contribution in [0, 0.1) is 0 Å². The molecule has 0 aliphatic carbocycles. The molecule has 2 N–H and O–H groups in total. The van der Waals surface area contributed by atoms with E-state index in [2.05, 4.69) is 30.3 Å². The molecule has 0 radical (unpaired) electrons. The second kappa shape index (κ2) is 5.98. The highest BCUT2D eigenvalue weighted by atomic mass is 16.5. The predicted octanol–water partition coefficient (Wildman–Crippen LogP) is 3.94. The monoisotopic (exact) mass is 352 g/mol. The molecule has 0 saturated heterocycles. The summed E-state index contributed by atoms with van der Waals surface area (Å²) in [4.78, 5) is 0. The lowest BCUT2D eigenvalue weighted by Crippen LogP contribution is -2.30. The van der Waals surface area contributed by atoms with E-state index in [4.69, 9.17) is 4.74 Å². The van der Waals surface area contributed by atoms with Gasteiger partial charge in [0.15, 0.2) is 0 Å². The van der Waals surface area contributed by atoms with Gasteiger partial charge in [-0.3, -0.25) is 0 Å². The molecule has 5 rings (SSSR count). The van der Waals surface area contributed by atoms with Crippen molar-refractivity contribution in [1.82, 2.24) is 0 Å². The standard InChI is InChI=1S/C23H17BO3/c1-27-21-5-3-2-4-17(21)16-10-6-14-8-12-19-20(24(25)26)13-9-15-7-11-18(16)22(14)23(15)19/h2-13,25-26H,1H3. The van der Waals surface area contributed by atoms with E-state index < -0.39 is 7.12 Å². The average molecular weight is 352 g/mol. The van der Waals surface area contributed by atoms with Crippen LogP contribution in [0.3, 0.4) is 0 Å². The van der Waals surface area contributed by atoms with Crippen LogP contribution in [0.2, 0.25) is 0 Å². The molecule has 5 aromatic rings. The van der Waals surface area contributed by atoms with Gasteiger partial charge in [0, 0.05) is 5.56 Å². The fourth-order valence-electron chi connectivity index (χ4n) is 4.15. The summed E-state index contributed by atoms with van der Waals surface area (Å²) in [5.41, 5.74) is 2.67. The van der Waals surface area contributed by atoms with E-state index in [0.29, 0.717) is 5.46 Å². The molecule has 0 bridgehead atoms. The van der Waals surface area contributed by atoms with Crippen molar-refractivity contribution < 1.29 is 14.8 Å². The summed E-state index contributed by atoms with van der Waals surface area (Å²) in [6.45, 7) is 0. The molecule has 0 unspecified atom stereocenters. The third kappa shape index (κ3) is 2.31. The van der Waals surface area contributed by atoms with E-state index in [9.17, 15) is 10.0 Å². The molecule has 27 heavy (non-hydrogen) atoms. The fraction of sp³-hybridized carbons (Fsp3) is 0.0435. The van der Waals surface area contributed by atoms with Crippen LogP contribution in [0.4, 0.5) is 0 Å². The van der Waals surface area contributed by atoms with E-state index in [-0.39, 0.29) is 0 Å². The molecular formula is C23H17BO3. The largest absolute Gasteiger partial charge is 0.496 e. The maximum Gasteiger partial charge on any atom is 0.489 e. The Hall–Kier alpha value is -3.08. The Morgan fingerprint density at radius 3 is 2.04 bits per heavy atom. The van der Waals surface area contributed by atoms with Crippen molar-refractivity contribution >= 4 is 44.9 Å². The Bertz CT molecular complexity index is 1290. The third-order valence-electron chi connectivity index (χ3n) is 5.37. The van der Waals surface area contributed by atoms with E-state index in [1.165, 1.54) is 0 Å². The Balaban J connectivity index is 1.95. The number of methoxy groups -OCH3 is 1. The minimum Gasteiger partial charge on any atom is -0.496 e. The van der Waals surface area contributed by atoms with Crippen LogP contribution in [-0.4, -0.2) is 24.3 Å². The first-order valence-corrected chi connectivity index (χ1v) is 8.89. The molecule has 130 valence electrons. The molecule has 0 aromatic heterocycles. The van der Waals surface area contributed by atoms with Gasteiger partial charge >= 0.3 is 7.12 Å². The summed E-state index contributed by atoms with van der Waals surface area (Å²) >= 11 is 0. The van der Waals surface area contributed by atoms with Crippen molar-refractivity contribution in [2.24, 2.45) is 0 Å². The van der Waals surface area contributed by atoms with Gasteiger partial charge in [0.05, 0.1) is 7.11 Å². The molecule has 0 atom stereocenters. The first-order chi connectivity index (χ1) is 13.2. The highest BCUT2D eigenvalue weighted by Gasteiger charge is 2.19. The zero-order chi connectivity index (χ0) is 18.5. The maximum atomic E-state index is 9.79. The van der Waals surface area contributed by atoms with Crippen LogP contribution >= 0.6 is 0 Å². The van der Waals surface area contributed by atoms with Gasteiger partial charge in [-0.15, -0.1) is 0 Å². The number of hydrogen-bond acceptors (Lipinski definition) is 3. The van der Waals surface area contributed by atoms with Crippen LogP contribution in [0.25, 0.3) is 43.4 Å². The van der Waals surface area contributed by atoms with Gasteiger partial charge < -0.3 is 14.8 Å². The first kappa shape index (κ1) is 16.1. The number of benzene rings is 5. The summed E-state index contributed by atoms with van der Waals surface area (Å²) in [5.74, 6) is 0.832. The molecule has 0 aliphatic rings. The number of hydrogen-bond donors (Lipinski definition) is 2. The Morgan fingerprint density at radius 1 is 0.667 bits per heavy atom. The van der Waals surface area contributed by atoms with Gasteiger partial charge in [-0.05, 0) is 49.4 Å². The summed E-state index contributed by atoms with van der Waals surface area (Å²) in [5, 5.41) is 26.0. The lowest BCUT2D eigenvalue weighted by molar-refractivity contribution is 0.416. The second-order valence-corrected chi connectivity index (χ2v) is 6.76. The average Bonchev–Trinajstić information content (AvgIpc) is 2.71. The van der Waals surface area contributed by atoms with Gasteiger partial charge in [0.2, 0.25) is 0 Å². The maximum absolute atomic E-state index is 9.79. The van der Waals surface area contributed by atoms with Crippen molar-refractivity contribution in [2.45, 2.75) is 0 Å². The lowest BCUT2D eigenvalue weighted by Gasteiger charge is -2.17. The van der Waals surface area contributed by atoms with Crippen molar-refractivity contribution in [1.29, 1.82) is 0 Å². The number of ether oxygens (including phenoxy) is 1. The molecule has 3 nitrogen and oxygen atoms in total. The Morgan fingerprint density at radius 2 is 1.30 bits per heavy atom. The number of rotatable bonds is 3. The molecule has 0 saturated carbocycles. The van der Waals surface area contributed by atoms with E-state index >= 15 is 0 Å². The Kier molecular flexibility index (Phi) is 3.57. The van der Waals surface area contributed by atoms with Crippen molar-refractivity contribution in [3.63, 3.8) is 0 Å². The third-order valence-corrected chi connectivity index (χ3v) is 5.37. The van der Waals surface area contributed by atoms with Gasteiger partial charge in [0.25, 0.3) is 0 Å². The van der Waals surface area contributed by atoms with Crippen molar-refractivity contribution in [3.05, 3.63) is 72.8 Å². The summed E-state index contributed by atoms with van der Waals surface area (Å²) in [6, 6.07) is 24.2. The molecular weight excluding hydrogens is 335 g/mol. The van der Waals surface area contributed by atoms with Crippen LogP contribution < -0.4 is 10.2 Å². The zero-order valence-corrected chi connectivity index (χ0v) is 14.8. The zero-order valence-electron chi connectivity index (χ0n) is 14.8. The van der Waals surface area contributed by atoms with E-state index in [1.54, 1.807) is 13.2 Å². The van der Waals surface area contributed by atoms with Crippen molar-refractivity contribution in [3.8, 4) is 16.9 Å². The first-order valence-electron chi connectivity index (χ1n) is 8.89. The number of para-hydroxylation sites is 1. The SMILES string of the molecule is COc1ccccc1-c1ccc2ccc3c(B(O)O)ccc4ccc1c2c43.